The highest BCUT2D eigenvalue weighted by Gasteiger charge is 2.46. The zero-order chi connectivity index (χ0) is 19.3. The van der Waals surface area contributed by atoms with Gasteiger partial charge in [0.15, 0.2) is 0 Å². The molecule has 144 valence electrons. The van der Waals surface area contributed by atoms with Crippen molar-refractivity contribution < 1.29 is 18.3 Å². The lowest BCUT2D eigenvalue weighted by Gasteiger charge is -2.49. The lowest BCUT2D eigenvalue weighted by atomic mass is 9.85. The molecule has 0 spiro atoms. The molecule has 6 heteroatoms. The Labute approximate surface area is 158 Å². The first kappa shape index (κ1) is 19.3. The van der Waals surface area contributed by atoms with Crippen molar-refractivity contribution >= 4 is 5.91 Å². The first-order valence-corrected chi connectivity index (χ1v) is 9.09. The number of nitrogens with one attached hydrogen (secondary N) is 1. The van der Waals surface area contributed by atoms with Gasteiger partial charge in [0.1, 0.15) is 5.75 Å². The molecule has 1 amide bonds. The molecule has 1 atom stereocenters. The zero-order valence-electron chi connectivity index (χ0n) is 15.3. The SMILES string of the molecule is CC1(C(=O)NCCc2ccccc2)CCN1Cc1ccccc1OC(F)F. The number of benzene rings is 2. The minimum absolute atomic E-state index is 0.0306. The summed E-state index contributed by atoms with van der Waals surface area (Å²) in [6, 6.07) is 16.7. The van der Waals surface area contributed by atoms with Crippen LogP contribution in [0.1, 0.15) is 24.5 Å². The average molecular weight is 374 g/mol. The van der Waals surface area contributed by atoms with E-state index in [0.29, 0.717) is 18.7 Å². The Kier molecular flexibility index (Phi) is 6.06. The summed E-state index contributed by atoms with van der Waals surface area (Å²) in [5.41, 5.74) is 1.20. The molecular weight excluding hydrogens is 350 g/mol. The number of amides is 1. The predicted molar refractivity (Wildman–Crippen MR) is 99.7 cm³/mol. The Morgan fingerprint density at radius 2 is 1.89 bits per heavy atom. The number of rotatable bonds is 8. The predicted octanol–water partition coefficient (Wildman–Crippen LogP) is 3.61. The molecule has 2 aromatic rings. The summed E-state index contributed by atoms with van der Waals surface area (Å²) in [4.78, 5) is 14.7. The summed E-state index contributed by atoms with van der Waals surface area (Å²) in [5.74, 6) is 0.128. The minimum atomic E-state index is -2.87. The number of ether oxygens (including phenoxy) is 1. The molecular formula is C21H24F2N2O2. The Morgan fingerprint density at radius 1 is 1.19 bits per heavy atom. The second kappa shape index (κ2) is 8.48. The van der Waals surface area contributed by atoms with Gasteiger partial charge in [-0.3, -0.25) is 9.69 Å². The third-order valence-corrected chi connectivity index (χ3v) is 5.15. The van der Waals surface area contributed by atoms with Gasteiger partial charge in [-0.25, -0.2) is 0 Å². The lowest BCUT2D eigenvalue weighted by Crippen LogP contribution is -2.65. The maximum atomic E-state index is 12.7. The summed E-state index contributed by atoms with van der Waals surface area (Å²) in [6.07, 6.45) is 1.51. The van der Waals surface area contributed by atoms with Crippen LogP contribution in [0.5, 0.6) is 5.75 Å². The van der Waals surface area contributed by atoms with Crippen LogP contribution in [-0.2, 0) is 17.8 Å². The Balaban J connectivity index is 1.58. The van der Waals surface area contributed by atoms with Crippen molar-refractivity contribution in [2.75, 3.05) is 13.1 Å². The van der Waals surface area contributed by atoms with Crippen molar-refractivity contribution in [3.63, 3.8) is 0 Å². The van der Waals surface area contributed by atoms with Crippen LogP contribution < -0.4 is 10.1 Å². The van der Waals surface area contributed by atoms with Crippen molar-refractivity contribution in [2.45, 2.75) is 38.5 Å². The fourth-order valence-corrected chi connectivity index (χ4v) is 3.32. The van der Waals surface area contributed by atoms with E-state index in [1.165, 1.54) is 11.6 Å². The van der Waals surface area contributed by atoms with E-state index in [1.807, 2.05) is 42.2 Å². The molecule has 0 aromatic heterocycles. The second-order valence-electron chi connectivity index (χ2n) is 6.92. The van der Waals surface area contributed by atoms with Gasteiger partial charge in [-0.05, 0) is 31.4 Å². The molecule has 1 N–H and O–H groups in total. The van der Waals surface area contributed by atoms with E-state index >= 15 is 0 Å². The number of carbonyl (C=O) groups is 1. The molecule has 2 aromatic carbocycles. The van der Waals surface area contributed by atoms with Crippen molar-refractivity contribution in [3.8, 4) is 5.75 Å². The van der Waals surface area contributed by atoms with Crippen LogP contribution in [0.15, 0.2) is 54.6 Å². The summed E-state index contributed by atoms with van der Waals surface area (Å²) in [7, 11) is 0. The fourth-order valence-electron chi connectivity index (χ4n) is 3.32. The molecule has 4 nitrogen and oxygen atoms in total. The second-order valence-corrected chi connectivity index (χ2v) is 6.92. The largest absolute Gasteiger partial charge is 0.434 e. The van der Waals surface area contributed by atoms with Crippen LogP contribution in [0.25, 0.3) is 0 Å². The summed E-state index contributed by atoms with van der Waals surface area (Å²) >= 11 is 0. The van der Waals surface area contributed by atoms with Crippen LogP contribution >= 0.6 is 0 Å². The highest BCUT2D eigenvalue weighted by molar-refractivity contribution is 5.86. The van der Waals surface area contributed by atoms with Gasteiger partial charge in [-0.15, -0.1) is 0 Å². The molecule has 0 aliphatic carbocycles. The number of para-hydroxylation sites is 1. The molecule has 1 unspecified atom stereocenters. The first-order valence-electron chi connectivity index (χ1n) is 9.09. The Morgan fingerprint density at radius 3 is 2.56 bits per heavy atom. The van der Waals surface area contributed by atoms with Gasteiger partial charge in [0.2, 0.25) is 5.91 Å². The fraction of sp³-hybridized carbons (Fsp3) is 0.381. The number of nitrogens with zero attached hydrogens (tertiary/aromatic N) is 1. The molecule has 1 saturated heterocycles. The Hall–Kier alpha value is -2.47. The van der Waals surface area contributed by atoms with Crippen LogP contribution in [0.4, 0.5) is 8.78 Å². The number of likely N-dealkylation sites (tertiary alicyclic amines) is 1. The van der Waals surface area contributed by atoms with Gasteiger partial charge in [0.25, 0.3) is 0 Å². The van der Waals surface area contributed by atoms with Crippen molar-refractivity contribution in [1.82, 2.24) is 10.2 Å². The third kappa shape index (κ3) is 4.63. The van der Waals surface area contributed by atoms with Crippen LogP contribution in [0.2, 0.25) is 0 Å². The number of alkyl halides is 2. The molecule has 3 rings (SSSR count). The lowest BCUT2D eigenvalue weighted by molar-refractivity contribution is -0.142. The van der Waals surface area contributed by atoms with Gasteiger partial charge < -0.3 is 10.1 Å². The van der Waals surface area contributed by atoms with E-state index in [-0.39, 0.29) is 11.7 Å². The molecule has 1 heterocycles. The molecule has 0 bridgehead atoms. The van der Waals surface area contributed by atoms with Crippen LogP contribution in [-0.4, -0.2) is 36.0 Å². The van der Waals surface area contributed by atoms with Crippen molar-refractivity contribution in [1.29, 1.82) is 0 Å². The molecule has 0 radical (unpaired) electrons. The van der Waals surface area contributed by atoms with E-state index in [9.17, 15) is 13.6 Å². The average Bonchev–Trinajstić information content (AvgIpc) is 2.66. The van der Waals surface area contributed by atoms with Crippen molar-refractivity contribution in [2.24, 2.45) is 0 Å². The number of hydrogen-bond donors (Lipinski definition) is 1. The normalized spacial score (nSPS) is 19.6. The molecule has 27 heavy (non-hydrogen) atoms. The quantitative estimate of drug-likeness (QED) is 0.768. The highest BCUT2D eigenvalue weighted by atomic mass is 19.3. The van der Waals surface area contributed by atoms with E-state index in [4.69, 9.17) is 0 Å². The van der Waals surface area contributed by atoms with Gasteiger partial charge in [0.05, 0.1) is 5.54 Å². The van der Waals surface area contributed by atoms with Crippen molar-refractivity contribution in [3.05, 3.63) is 65.7 Å². The number of carbonyl (C=O) groups excluding carboxylic acids is 1. The van der Waals surface area contributed by atoms with E-state index in [2.05, 4.69) is 10.1 Å². The Bertz CT molecular complexity index is 770. The zero-order valence-corrected chi connectivity index (χ0v) is 15.3. The molecule has 1 aliphatic rings. The number of halogens is 2. The molecule has 1 aliphatic heterocycles. The third-order valence-electron chi connectivity index (χ3n) is 5.15. The summed E-state index contributed by atoms with van der Waals surface area (Å²) < 4.78 is 29.8. The van der Waals surface area contributed by atoms with Gasteiger partial charge in [0, 0.05) is 25.2 Å². The van der Waals surface area contributed by atoms with Gasteiger partial charge >= 0.3 is 6.61 Å². The van der Waals surface area contributed by atoms with Gasteiger partial charge in [-0.2, -0.15) is 8.78 Å². The maximum absolute atomic E-state index is 12.7. The smallest absolute Gasteiger partial charge is 0.387 e. The standard InChI is InChI=1S/C21H24F2N2O2/c1-21(19(26)24-13-11-16-7-3-2-4-8-16)12-14-25(21)15-17-9-5-6-10-18(17)27-20(22)23/h2-10,20H,11-15H2,1H3,(H,24,26). The topological polar surface area (TPSA) is 41.6 Å². The monoisotopic (exact) mass is 374 g/mol. The van der Waals surface area contributed by atoms with Gasteiger partial charge in [-0.1, -0.05) is 48.5 Å². The van der Waals surface area contributed by atoms with Crippen LogP contribution in [0.3, 0.4) is 0 Å². The molecule has 0 saturated carbocycles. The summed E-state index contributed by atoms with van der Waals surface area (Å²) in [6.45, 7) is 0.731. The number of hydrogen-bond acceptors (Lipinski definition) is 3. The maximum Gasteiger partial charge on any atom is 0.387 e. The van der Waals surface area contributed by atoms with E-state index < -0.39 is 12.2 Å². The van der Waals surface area contributed by atoms with Crippen LogP contribution in [0, 0.1) is 0 Å². The first-order chi connectivity index (χ1) is 13.0. The highest BCUT2D eigenvalue weighted by Crippen LogP contribution is 2.34. The summed E-state index contributed by atoms with van der Waals surface area (Å²) in [5, 5.41) is 3.00. The van der Waals surface area contributed by atoms with E-state index in [1.54, 1.807) is 18.2 Å². The van der Waals surface area contributed by atoms with E-state index in [0.717, 1.165) is 19.4 Å². The minimum Gasteiger partial charge on any atom is -0.434 e. The molecule has 1 fully saturated rings.